The van der Waals surface area contributed by atoms with Crippen LogP contribution in [0.25, 0.3) is 10.8 Å². The first kappa shape index (κ1) is 8.14. The van der Waals surface area contributed by atoms with Crippen LogP contribution in [0.4, 0.5) is 0 Å². The summed E-state index contributed by atoms with van der Waals surface area (Å²) in [4.78, 5) is 11.9. The first-order chi connectivity index (χ1) is 10.1. The van der Waals surface area contributed by atoms with Crippen LogP contribution in [0.3, 0.4) is 0 Å². The van der Waals surface area contributed by atoms with E-state index in [1.54, 1.807) is 31.4 Å². The van der Waals surface area contributed by atoms with Crippen LogP contribution in [0.5, 0.6) is 5.75 Å². The van der Waals surface area contributed by atoms with E-state index in [4.69, 9.17) is 10.2 Å². The Morgan fingerprint density at radius 2 is 2.00 bits per heavy atom. The van der Waals surface area contributed by atoms with Gasteiger partial charge in [0.1, 0.15) is 5.75 Å². The summed E-state index contributed by atoms with van der Waals surface area (Å²) in [7, 11) is -1.29. The van der Waals surface area contributed by atoms with Crippen molar-refractivity contribution in [3.63, 3.8) is 0 Å². The van der Waals surface area contributed by atoms with Gasteiger partial charge in [-0.3, -0.25) is 4.79 Å². The van der Waals surface area contributed by atoms with Crippen LogP contribution in [-0.4, -0.2) is 20.1 Å². The first-order valence-corrected chi connectivity index (χ1v) is 5.45. The smallest absolute Gasteiger partial charge is 0.312 e. The molecule has 0 aliphatic carbocycles. The molecule has 0 heterocycles. The van der Waals surface area contributed by atoms with Crippen molar-refractivity contribution in [1.82, 2.24) is 0 Å². The molecule has 2 aromatic carbocycles. The lowest BCUT2D eigenvalue weighted by molar-refractivity contribution is -0.141. The van der Waals surface area contributed by atoms with E-state index in [1.807, 2.05) is 12.1 Å². The highest BCUT2D eigenvalue weighted by atomic mass is 16.5. The quantitative estimate of drug-likeness (QED) is 0.783. The Labute approximate surface area is 112 Å². The highest BCUT2D eigenvalue weighted by Crippen LogP contribution is 2.25. The summed E-state index contributed by atoms with van der Waals surface area (Å²) in [6.45, 7) is 1.31. The van der Waals surface area contributed by atoms with Crippen molar-refractivity contribution in [3.05, 3.63) is 42.0 Å². The van der Waals surface area contributed by atoms with Crippen LogP contribution in [0.2, 0.25) is 0 Å². The van der Waals surface area contributed by atoms with Gasteiger partial charge in [0.05, 0.1) is 24.2 Å². The summed E-state index contributed by atoms with van der Waals surface area (Å²) in [5, 5.41) is 1.71. The Bertz CT molecular complexity index is 707. The molecule has 0 saturated heterocycles. The van der Waals surface area contributed by atoms with Gasteiger partial charge in [-0.1, -0.05) is 24.3 Å². The maximum absolute atomic E-state index is 11.9. The molecule has 1 atom stereocenters. The molecule has 2 rings (SSSR count). The van der Waals surface area contributed by atoms with Crippen molar-refractivity contribution in [2.45, 2.75) is 12.8 Å². The number of carbonyl (C=O) groups excluding carboxylic acids is 1. The number of esters is 1. The average Bonchev–Trinajstić information content (AvgIpc) is 2.44. The van der Waals surface area contributed by atoms with Gasteiger partial charge in [0.25, 0.3) is 0 Å². The standard InChI is InChI=1S/C15H16O3/c1-10(15(16)18-3)11-4-5-13-9-14(17-2)7-6-12(13)8-11/h4-10H,1-3H3/i3D3,10D. The molecule has 1 unspecified atom stereocenters. The maximum atomic E-state index is 11.9. The zero-order valence-corrected chi connectivity index (χ0v) is 10.2. The van der Waals surface area contributed by atoms with Crippen LogP contribution in [0.1, 0.15) is 23.9 Å². The Balaban J connectivity index is 2.39. The van der Waals surface area contributed by atoms with Gasteiger partial charge in [0, 0.05) is 1.37 Å². The lowest BCUT2D eigenvalue weighted by atomic mass is 9.98. The molecule has 0 amide bonds. The molecule has 3 heteroatoms. The molecule has 0 fully saturated rings. The second kappa shape index (κ2) is 5.08. The summed E-state index contributed by atoms with van der Waals surface area (Å²) in [5.74, 6) is -2.21. The first-order valence-electron chi connectivity index (χ1n) is 7.45. The Kier molecular flexibility index (Phi) is 2.30. The van der Waals surface area contributed by atoms with Gasteiger partial charge in [0.2, 0.25) is 0 Å². The van der Waals surface area contributed by atoms with Gasteiger partial charge in [-0.15, -0.1) is 0 Å². The number of rotatable bonds is 3. The van der Waals surface area contributed by atoms with Crippen LogP contribution in [0.15, 0.2) is 36.4 Å². The number of carbonyl (C=O) groups is 1. The minimum absolute atomic E-state index is 0.361. The van der Waals surface area contributed by atoms with Gasteiger partial charge in [0.15, 0.2) is 0 Å². The van der Waals surface area contributed by atoms with E-state index in [2.05, 4.69) is 4.74 Å². The summed E-state index contributed by atoms with van der Waals surface area (Å²) < 4.78 is 38.6. The molecule has 94 valence electrons. The van der Waals surface area contributed by atoms with Crippen molar-refractivity contribution in [2.24, 2.45) is 0 Å². The van der Waals surface area contributed by atoms with Crippen LogP contribution < -0.4 is 4.74 Å². The molecule has 2 aromatic rings. The normalized spacial score (nSPS) is 17.9. The lowest BCUT2D eigenvalue weighted by Crippen LogP contribution is -2.10. The largest absolute Gasteiger partial charge is 0.497 e. The van der Waals surface area contributed by atoms with E-state index in [0.29, 0.717) is 11.3 Å². The Morgan fingerprint density at radius 1 is 1.28 bits per heavy atom. The summed E-state index contributed by atoms with van der Waals surface area (Å²) in [6.07, 6.45) is 0. The van der Waals surface area contributed by atoms with E-state index < -0.39 is 18.9 Å². The van der Waals surface area contributed by atoms with Crippen LogP contribution in [-0.2, 0) is 9.53 Å². The third-order valence-corrected chi connectivity index (χ3v) is 2.88. The van der Waals surface area contributed by atoms with Gasteiger partial charge in [-0.05, 0) is 35.4 Å². The molecule has 0 aliphatic rings. The van der Waals surface area contributed by atoms with E-state index in [-0.39, 0.29) is 0 Å². The second-order valence-electron chi connectivity index (χ2n) is 3.94. The number of fused-ring (bicyclic) bond motifs is 1. The zero-order chi connectivity index (χ0) is 16.5. The van der Waals surface area contributed by atoms with Crippen molar-refractivity contribution >= 4 is 16.7 Å². The van der Waals surface area contributed by atoms with Gasteiger partial charge in [-0.2, -0.15) is 0 Å². The van der Waals surface area contributed by atoms with Crippen molar-refractivity contribution in [3.8, 4) is 5.75 Å². The molecule has 0 aromatic heterocycles. The number of hydrogen-bond acceptors (Lipinski definition) is 3. The van der Waals surface area contributed by atoms with Crippen molar-refractivity contribution in [1.29, 1.82) is 0 Å². The molecular formula is C15H16O3. The van der Waals surface area contributed by atoms with Crippen LogP contribution in [0, 0.1) is 0 Å². The molecule has 0 radical (unpaired) electrons. The lowest BCUT2D eigenvalue weighted by Gasteiger charge is -2.10. The fraction of sp³-hybridized carbons (Fsp3) is 0.267. The zero-order valence-electron chi connectivity index (χ0n) is 14.2. The van der Waals surface area contributed by atoms with E-state index in [0.717, 1.165) is 10.8 Å². The molecule has 0 aliphatic heterocycles. The maximum Gasteiger partial charge on any atom is 0.312 e. The molecule has 0 bridgehead atoms. The third-order valence-electron chi connectivity index (χ3n) is 2.88. The van der Waals surface area contributed by atoms with Crippen molar-refractivity contribution in [2.75, 3.05) is 14.1 Å². The van der Waals surface area contributed by atoms with Gasteiger partial charge in [-0.25, -0.2) is 0 Å². The average molecular weight is 248 g/mol. The fourth-order valence-electron chi connectivity index (χ4n) is 1.78. The molecule has 18 heavy (non-hydrogen) atoms. The van der Waals surface area contributed by atoms with E-state index in [1.165, 1.54) is 6.92 Å². The number of benzene rings is 2. The SMILES string of the molecule is [2H]C([2H])([2H])OC(=O)C([2H])(C)c1ccc2cc(OC)ccc2c1. The van der Waals surface area contributed by atoms with Gasteiger partial charge < -0.3 is 9.47 Å². The molecule has 0 saturated carbocycles. The number of hydrogen-bond donors (Lipinski definition) is 0. The summed E-state index contributed by atoms with van der Waals surface area (Å²) in [6, 6.07) is 10.4. The number of methoxy groups -OCH3 is 2. The predicted octanol–water partition coefficient (Wildman–Crippen LogP) is 3.12. The van der Waals surface area contributed by atoms with E-state index >= 15 is 0 Å². The molecular weight excluding hydrogens is 228 g/mol. The molecule has 0 spiro atoms. The second-order valence-corrected chi connectivity index (χ2v) is 3.94. The minimum atomic E-state index is -2.86. The molecule has 0 N–H and O–H groups in total. The van der Waals surface area contributed by atoms with Gasteiger partial charge >= 0.3 is 5.97 Å². The fourth-order valence-corrected chi connectivity index (χ4v) is 1.78. The monoisotopic (exact) mass is 248 g/mol. The topological polar surface area (TPSA) is 35.5 Å². The summed E-state index contributed by atoms with van der Waals surface area (Å²) in [5.41, 5.74) is 0.361. The highest BCUT2D eigenvalue weighted by Gasteiger charge is 2.15. The van der Waals surface area contributed by atoms with E-state index in [9.17, 15) is 4.79 Å². The minimum Gasteiger partial charge on any atom is -0.497 e. The van der Waals surface area contributed by atoms with Crippen LogP contribution >= 0.6 is 0 Å². The summed E-state index contributed by atoms with van der Waals surface area (Å²) >= 11 is 0. The van der Waals surface area contributed by atoms with Crippen molar-refractivity contribution < 1.29 is 19.8 Å². The third kappa shape index (κ3) is 2.30. The molecule has 3 nitrogen and oxygen atoms in total. The predicted molar refractivity (Wildman–Crippen MR) is 70.9 cm³/mol. The Hall–Kier alpha value is -2.03. The highest BCUT2D eigenvalue weighted by molar-refractivity contribution is 5.86. The Morgan fingerprint density at radius 3 is 2.72 bits per heavy atom. The number of ether oxygens (including phenoxy) is 2.